The zero-order valence-corrected chi connectivity index (χ0v) is 6.37. The van der Waals surface area contributed by atoms with Gasteiger partial charge in [0.25, 0.3) is 0 Å². The Labute approximate surface area is 65.5 Å². The van der Waals surface area contributed by atoms with Crippen LogP contribution in [0.25, 0.3) is 0 Å². The molecule has 0 unspecified atom stereocenters. The Balaban J connectivity index is 2.45. The van der Waals surface area contributed by atoms with Gasteiger partial charge in [0.15, 0.2) is 0 Å². The molecule has 0 bridgehead atoms. The van der Waals surface area contributed by atoms with E-state index in [1.54, 1.807) is 12.4 Å². The van der Waals surface area contributed by atoms with Gasteiger partial charge >= 0.3 is 0 Å². The van der Waals surface area contributed by atoms with Crippen molar-refractivity contribution in [2.24, 2.45) is 0 Å². The second kappa shape index (κ2) is 3.71. The van der Waals surface area contributed by atoms with E-state index < -0.39 is 0 Å². The van der Waals surface area contributed by atoms with Gasteiger partial charge < -0.3 is 5.32 Å². The molecule has 1 aromatic heterocycles. The van der Waals surface area contributed by atoms with Gasteiger partial charge in [-0.05, 0) is 11.6 Å². The molecule has 58 valence electrons. The average molecular weight is 150 g/mol. The molecule has 0 atom stereocenters. The van der Waals surface area contributed by atoms with E-state index in [1.807, 2.05) is 12.1 Å². The first-order valence-electron chi connectivity index (χ1n) is 3.42. The van der Waals surface area contributed by atoms with Crippen molar-refractivity contribution in [3.63, 3.8) is 0 Å². The lowest BCUT2D eigenvalue weighted by atomic mass is 10.3. The summed E-state index contributed by atoms with van der Waals surface area (Å²) in [4.78, 5) is 14.4. The third-order valence-electron chi connectivity index (χ3n) is 1.26. The molecule has 1 heterocycles. The zero-order valence-electron chi connectivity index (χ0n) is 6.37. The van der Waals surface area contributed by atoms with E-state index in [4.69, 9.17) is 0 Å². The largest absolute Gasteiger partial charge is 0.352 e. The van der Waals surface area contributed by atoms with E-state index in [2.05, 4.69) is 10.3 Å². The summed E-state index contributed by atoms with van der Waals surface area (Å²) in [6, 6.07) is 3.76. The Morgan fingerprint density at radius 2 is 2.55 bits per heavy atom. The molecule has 0 fully saturated rings. The number of pyridine rings is 1. The number of hydrogen-bond acceptors (Lipinski definition) is 2. The number of carbonyl (C=O) groups is 1. The maximum absolute atomic E-state index is 10.5. The topological polar surface area (TPSA) is 42.0 Å². The summed E-state index contributed by atoms with van der Waals surface area (Å²) in [7, 11) is 0. The van der Waals surface area contributed by atoms with Gasteiger partial charge in [0.05, 0.1) is 0 Å². The minimum atomic E-state index is -0.0196. The van der Waals surface area contributed by atoms with Crippen LogP contribution in [0.5, 0.6) is 0 Å². The first-order chi connectivity index (χ1) is 5.29. The van der Waals surface area contributed by atoms with Gasteiger partial charge in [-0.25, -0.2) is 0 Å². The van der Waals surface area contributed by atoms with Crippen molar-refractivity contribution in [3.8, 4) is 0 Å². The van der Waals surface area contributed by atoms with E-state index in [0.717, 1.165) is 5.56 Å². The normalized spacial score (nSPS) is 9.18. The minimum absolute atomic E-state index is 0.0196. The summed E-state index contributed by atoms with van der Waals surface area (Å²) >= 11 is 0. The average Bonchev–Trinajstić information content (AvgIpc) is 2.03. The van der Waals surface area contributed by atoms with Gasteiger partial charge in [0, 0.05) is 25.9 Å². The zero-order chi connectivity index (χ0) is 8.10. The van der Waals surface area contributed by atoms with Crippen LogP contribution in [0.2, 0.25) is 0 Å². The molecule has 0 spiro atoms. The van der Waals surface area contributed by atoms with E-state index in [9.17, 15) is 4.79 Å². The maximum atomic E-state index is 10.5. The molecule has 0 aliphatic rings. The number of hydrogen-bond donors (Lipinski definition) is 1. The second-order valence-corrected chi connectivity index (χ2v) is 2.27. The monoisotopic (exact) mass is 150 g/mol. The number of nitrogens with zero attached hydrogens (tertiary/aromatic N) is 1. The Bertz CT molecular complexity index is 233. The number of nitrogens with one attached hydrogen (secondary N) is 1. The van der Waals surface area contributed by atoms with Crippen LogP contribution in [0, 0.1) is 0 Å². The molecule has 3 heteroatoms. The van der Waals surface area contributed by atoms with Crippen molar-refractivity contribution in [2.45, 2.75) is 13.5 Å². The summed E-state index contributed by atoms with van der Waals surface area (Å²) in [5, 5.41) is 2.68. The first-order valence-corrected chi connectivity index (χ1v) is 3.42. The number of aromatic nitrogens is 1. The van der Waals surface area contributed by atoms with E-state index in [-0.39, 0.29) is 5.91 Å². The Morgan fingerprint density at radius 3 is 3.09 bits per heavy atom. The standard InChI is InChI=1S/C8H10N2O/c1-7(11)10-6-8-3-2-4-9-5-8/h2-5H,6H2,1H3,(H,10,11). The van der Waals surface area contributed by atoms with Gasteiger partial charge in [-0.15, -0.1) is 0 Å². The molecule has 0 saturated carbocycles. The van der Waals surface area contributed by atoms with Gasteiger partial charge in [-0.1, -0.05) is 6.07 Å². The van der Waals surface area contributed by atoms with Gasteiger partial charge in [0.1, 0.15) is 0 Å². The molecular formula is C8H10N2O. The SMILES string of the molecule is CC(=O)NCc1cccnc1. The Hall–Kier alpha value is -1.38. The molecule has 0 aromatic carbocycles. The predicted molar refractivity (Wildman–Crippen MR) is 41.8 cm³/mol. The van der Waals surface area contributed by atoms with Gasteiger partial charge in [-0.3, -0.25) is 9.78 Å². The third kappa shape index (κ3) is 2.80. The molecule has 11 heavy (non-hydrogen) atoms. The Kier molecular flexibility index (Phi) is 2.60. The third-order valence-corrected chi connectivity index (χ3v) is 1.26. The lowest BCUT2D eigenvalue weighted by molar-refractivity contribution is -0.119. The van der Waals surface area contributed by atoms with Crippen LogP contribution in [-0.4, -0.2) is 10.9 Å². The number of amides is 1. The second-order valence-electron chi connectivity index (χ2n) is 2.27. The quantitative estimate of drug-likeness (QED) is 0.674. The molecule has 0 aliphatic carbocycles. The molecule has 3 nitrogen and oxygen atoms in total. The van der Waals surface area contributed by atoms with Crippen LogP contribution < -0.4 is 5.32 Å². The van der Waals surface area contributed by atoms with Crippen molar-refractivity contribution < 1.29 is 4.79 Å². The van der Waals surface area contributed by atoms with Gasteiger partial charge in [0.2, 0.25) is 5.91 Å². The number of carbonyl (C=O) groups excluding carboxylic acids is 1. The fourth-order valence-electron chi connectivity index (χ4n) is 0.729. The smallest absolute Gasteiger partial charge is 0.217 e. The summed E-state index contributed by atoms with van der Waals surface area (Å²) in [6.07, 6.45) is 3.44. The predicted octanol–water partition coefficient (Wildman–Crippen LogP) is 0.718. The summed E-state index contributed by atoms with van der Waals surface area (Å²) in [5.41, 5.74) is 1.02. The van der Waals surface area contributed by atoms with Crippen LogP contribution in [-0.2, 0) is 11.3 Å². The highest BCUT2D eigenvalue weighted by atomic mass is 16.1. The van der Waals surface area contributed by atoms with Crippen molar-refractivity contribution in [1.82, 2.24) is 10.3 Å². The highest BCUT2D eigenvalue weighted by molar-refractivity contribution is 5.72. The first kappa shape index (κ1) is 7.72. The van der Waals surface area contributed by atoms with Crippen LogP contribution in [0.3, 0.4) is 0 Å². The van der Waals surface area contributed by atoms with Crippen LogP contribution in [0.4, 0.5) is 0 Å². The fourth-order valence-corrected chi connectivity index (χ4v) is 0.729. The lowest BCUT2D eigenvalue weighted by Crippen LogP contribution is -2.18. The molecule has 0 saturated heterocycles. The molecule has 0 radical (unpaired) electrons. The van der Waals surface area contributed by atoms with Crippen LogP contribution in [0.15, 0.2) is 24.5 Å². The van der Waals surface area contributed by atoms with Crippen molar-refractivity contribution >= 4 is 5.91 Å². The van der Waals surface area contributed by atoms with E-state index >= 15 is 0 Å². The van der Waals surface area contributed by atoms with Crippen molar-refractivity contribution in [1.29, 1.82) is 0 Å². The maximum Gasteiger partial charge on any atom is 0.217 e. The lowest BCUT2D eigenvalue weighted by Gasteiger charge is -1.99. The van der Waals surface area contributed by atoms with Crippen molar-refractivity contribution in [3.05, 3.63) is 30.1 Å². The van der Waals surface area contributed by atoms with E-state index in [1.165, 1.54) is 6.92 Å². The summed E-state index contributed by atoms with van der Waals surface area (Å²) in [5.74, 6) is -0.0196. The molecule has 1 N–H and O–H groups in total. The molecule has 1 amide bonds. The van der Waals surface area contributed by atoms with Gasteiger partial charge in [-0.2, -0.15) is 0 Å². The van der Waals surface area contributed by atoms with Crippen LogP contribution in [0.1, 0.15) is 12.5 Å². The highest BCUT2D eigenvalue weighted by Crippen LogP contribution is 1.93. The molecule has 1 rings (SSSR count). The van der Waals surface area contributed by atoms with Crippen molar-refractivity contribution in [2.75, 3.05) is 0 Å². The molecule has 1 aromatic rings. The fraction of sp³-hybridized carbons (Fsp3) is 0.250. The minimum Gasteiger partial charge on any atom is -0.352 e. The highest BCUT2D eigenvalue weighted by Gasteiger charge is 1.91. The van der Waals surface area contributed by atoms with Crippen LogP contribution >= 0.6 is 0 Å². The summed E-state index contributed by atoms with van der Waals surface area (Å²) in [6.45, 7) is 2.06. The molecular weight excluding hydrogens is 140 g/mol. The Morgan fingerprint density at radius 1 is 1.73 bits per heavy atom. The summed E-state index contributed by atoms with van der Waals surface area (Å²) < 4.78 is 0. The number of rotatable bonds is 2. The molecule has 0 aliphatic heterocycles. The van der Waals surface area contributed by atoms with E-state index in [0.29, 0.717) is 6.54 Å².